The van der Waals surface area contributed by atoms with Crippen molar-refractivity contribution in [3.8, 4) is 5.75 Å². The average molecular weight is 1090 g/mol. The minimum atomic E-state index is -1.01. The van der Waals surface area contributed by atoms with Crippen molar-refractivity contribution in [1.82, 2.24) is 0 Å². The van der Waals surface area contributed by atoms with Crippen molar-refractivity contribution in [2.75, 3.05) is 7.11 Å². The fourth-order valence-electron chi connectivity index (χ4n) is 8.26. The van der Waals surface area contributed by atoms with Gasteiger partial charge in [-0.25, -0.2) is 0 Å². The number of aromatic hydroxyl groups is 1. The number of phenolic OH excluding ortho intramolecular Hbond substituents is 1. The molecule has 2 unspecified atom stereocenters. The molecular weight excluding hydrogens is 973 g/mol. The first kappa shape index (κ1) is 79.7. The lowest BCUT2D eigenvalue weighted by atomic mass is 9.78. The number of methoxy groups -OCH3 is 1. The molecule has 0 heterocycles. The van der Waals surface area contributed by atoms with E-state index in [-0.39, 0.29) is 41.8 Å². The molecule has 452 valence electrons. The van der Waals surface area contributed by atoms with Crippen LogP contribution in [-0.4, -0.2) is 79.6 Å². The van der Waals surface area contributed by atoms with Gasteiger partial charge in [0, 0.05) is 12.8 Å². The Kier molecular flexibility index (Phi) is 56.1. The van der Waals surface area contributed by atoms with Crippen LogP contribution in [0.4, 0.5) is 0 Å². The van der Waals surface area contributed by atoms with E-state index in [9.17, 15) is 39.3 Å². The molecule has 0 spiro atoms. The number of esters is 1. The van der Waals surface area contributed by atoms with Gasteiger partial charge in [-0.2, -0.15) is 0 Å². The van der Waals surface area contributed by atoms with Crippen LogP contribution in [0.3, 0.4) is 0 Å². The number of allylic oxidation sites excluding steroid dienone is 2. The van der Waals surface area contributed by atoms with Crippen molar-refractivity contribution in [3.05, 3.63) is 41.0 Å². The summed E-state index contributed by atoms with van der Waals surface area (Å²) < 4.78 is 4.40. The lowest BCUT2D eigenvalue weighted by molar-refractivity contribution is -0.143. The Bertz CT molecular complexity index is 1570. The van der Waals surface area contributed by atoms with Gasteiger partial charge in [0.25, 0.3) is 0 Å². The van der Waals surface area contributed by atoms with E-state index < -0.39 is 30.1 Å². The molecule has 2 atom stereocenters. The molecule has 12 nitrogen and oxygen atoms in total. The summed E-state index contributed by atoms with van der Waals surface area (Å²) in [4.78, 5) is 52.5. The minimum Gasteiger partial charge on any atom is -0.507 e. The van der Waals surface area contributed by atoms with Crippen molar-refractivity contribution in [3.63, 3.8) is 0 Å². The summed E-state index contributed by atoms with van der Waals surface area (Å²) >= 11 is 0. The highest BCUT2D eigenvalue weighted by Crippen LogP contribution is 2.39. The fraction of sp³-hybridized carbons (Fsp3) is 0.800. The van der Waals surface area contributed by atoms with Crippen LogP contribution in [-0.2, 0) is 39.5 Å². The van der Waals surface area contributed by atoms with E-state index in [0.717, 1.165) is 75.3 Å². The van der Waals surface area contributed by atoms with E-state index in [1.807, 2.05) is 6.92 Å². The van der Waals surface area contributed by atoms with Crippen LogP contribution in [0.5, 0.6) is 5.75 Å². The molecule has 0 radical (unpaired) electrons. The quantitative estimate of drug-likeness (QED) is 0.0157. The number of carboxylic acid groups (broad SMARTS) is 3. The highest BCUT2D eigenvalue weighted by molar-refractivity contribution is 5.94. The predicted molar refractivity (Wildman–Crippen MR) is 320 cm³/mol. The van der Waals surface area contributed by atoms with Gasteiger partial charge in [-0.3, -0.25) is 24.0 Å². The van der Waals surface area contributed by atoms with E-state index in [1.54, 1.807) is 0 Å². The Balaban J connectivity index is -0.000000435. The molecule has 6 N–H and O–H groups in total. The molecule has 0 aliphatic carbocycles. The standard InChI is InChI=1S/C15H24O.C14H28O3.C14H26O3.C14H26O2.C8H16O3/c1-10-8-11(14(2,3)4)13(16)12(9-10)15(5,6)7;2*1-2-3-4-5-6-7-8-9-10-11-13(15)12-14(16)17;1-2-3-4-5-6-7-8-9-10-11-12-13-14(15)16;1-3-4-5-7(9)6-8(10)11-2/h8-9,16H,1-7H3;13,15H,2-12H2,1H3,(H,16,17);2-12H2,1H3,(H,16,17);7-8H,2-6,9-13H2,1H3,(H,15,16);7,9H,3-6H2,1-2H3/b;;;8-7+;. The number of benzene rings is 1. The largest absolute Gasteiger partial charge is 0.507 e. The normalized spacial score (nSPS) is 11.9. The lowest BCUT2D eigenvalue weighted by Crippen LogP contribution is -2.17. The first-order valence-corrected chi connectivity index (χ1v) is 30.4. The molecule has 77 heavy (non-hydrogen) atoms. The van der Waals surface area contributed by atoms with Gasteiger partial charge < -0.3 is 35.4 Å². The molecule has 1 rings (SSSR count). The number of carbonyl (C=O) groups is 5. The number of carboxylic acids is 3. The Hall–Kier alpha value is -3.77. The zero-order valence-electron chi connectivity index (χ0n) is 51.6. The lowest BCUT2D eigenvalue weighted by Gasteiger charge is -2.27. The number of aliphatic hydroxyl groups excluding tert-OH is 2. The maximum atomic E-state index is 11.1. The van der Waals surface area contributed by atoms with Crippen molar-refractivity contribution in [2.24, 2.45) is 0 Å². The maximum absolute atomic E-state index is 11.1. The van der Waals surface area contributed by atoms with Crippen LogP contribution in [0.15, 0.2) is 24.3 Å². The molecule has 0 aromatic heterocycles. The van der Waals surface area contributed by atoms with E-state index in [0.29, 0.717) is 31.4 Å². The zero-order valence-corrected chi connectivity index (χ0v) is 51.6. The third-order valence-corrected chi connectivity index (χ3v) is 13.0. The summed E-state index contributed by atoms with van der Waals surface area (Å²) in [6.45, 7) is 23.6. The van der Waals surface area contributed by atoms with E-state index in [2.05, 4.69) is 98.3 Å². The number of Topliss-reactive ketones (excluding diaryl/α,β-unsaturated/α-hetero) is 1. The number of unbranched alkanes of at least 4 members (excludes halogenated alkanes) is 24. The minimum absolute atomic E-state index is 0.0178. The summed E-state index contributed by atoms with van der Waals surface area (Å²) in [5.41, 5.74) is 3.26. The molecule has 0 aliphatic rings. The van der Waals surface area contributed by atoms with Gasteiger partial charge in [0.1, 0.15) is 18.0 Å². The number of ketones is 1. The molecule has 0 bridgehead atoms. The summed E-state index contributed by atoms with van der Waals surface area (Å²) in [7, 11) is 1.33. The van der Waals surface area contributed by atoms with E-state index in [1.165, 1.54) is 135 Å². The van der Waals surface area contributed by atoms with E-state index in [4.69, 9.17) is 15.3 Å². The monoisotopic (exact) mass is 1090 g/mol. The molecule has 12 heteroatoms. The van der Waals surface area contributed by atoms with Crippen LogP contribution in [0, 0.1) is 6.92 Å². The Labute approximate surface area is 471 Å². The van der Waals surface area contributed by atoms with Crippen LogP contribution >= 0.6 is 0 Å². The molecular formula is C65H120O12. The van der Waals surface area contributed by atoms with Gasteiger partial charge in [0.05, 0.1) is 32.2 Å². The Morgan fingerprint density at radius 2 is 0.831 bits per heavy atom. The second-order valence-corrected chi connectivity index (χ2v) is 23.2. The number of ether oxygens (including phenoxy) is 1. The topological polar surface area (TPSA) is 216 Å². The smallest absolute Gasteiger partial charge is 0.310 e. The zero-order chi connectivity index (χ0) is 59.3. The molecule has 0 fully saturated rings. The summed E-state index contributed by atoms with van der Waals surface area (Å²) in [6, 6.07) is 4.18. The van der Waals surface area contributed by atoms with Gasteiger partial charge in [0.15, 0.2) is 0 Å². The Morgan fingerprint density at radius 3 is 1.21 bits per heavy atom. The first-order chi connectivity index (χ1) is 36.3. The van der Waals surface area contributed by atoms with Crippen LogP contribution in [0.2, 0.25) is 0 Å². The van der Waals surface area contributed by atoms with Gasteiger partial charge in [-0.1, -0.05) is 247 Å². The number of aliphatic hydroxyl groups is 2. The third-order valence-electron chi connectivity index (χ3n) is 13.0. The number of rotatable bonds is 40. The van der Waals surface area contributed by atoms with Crippen molar-refractivity contribution in [1.29, 1.82) is 0 Å². The highest BCUT2D eigenvalue weighted by Gasteiger charge is 2.25. The second kappa shape index (κ2) is 54.2. The molecule has 0 saturated carbocycles. The second-order valence-electron chi connectivity index (χ2n) is 23.2. The van der Waals surface area contributed by atoms with Gasteiger partial charge in [0.2, 0.25) is 0 Å². The Morgan fingerprint density at radius 1 is 0.481 bits per heavy atom. The number of carbonyl (C=O) groups excluding carboxylic acids is 2. The predicted octanol–water partition coefficient (Wildman–Crippen LogP) is 17.6. The third kappa shape index (κ3) is 59.7. The average Bonchev–Trinajstić information content (AvgIpc) is 3.34. The summed E-state index contributed by atoms with van der Waals surface area (Å²) in [5.74, 6) is -2.61. The van der Waals surface area contributed by atoms with Gasteiger partial charge in [-0.05, 0) is 80.2 Å². The molecule has 0 amide bonds. The van der Waals surface area contributed by atoms with Crippen molar-refractivity contribution < 1.29 is 59.3 Å². The first-order valence-electron chi connectivity index (χ1n) is 30.4. The molecule has 0 aliphatic heterocycles. The molecule has 1 aromatic carbocycles. The van der Waals surface area contributed by atoms with Crippen LogP contribution in [0.25, 0.3) is 0 Å². The maximum Gasteiger partial charge on any atom is 0.310 e. The van der Waals surface area contributed by atoms with Gasteiger partial charge in [-0.15, -0.1) is 0 Å². The fourth-order valence-corrected chi connectivity index (χ4v) is 8.26. The van der Waals surface area contributed by atoms with E-state index >= 15 is 0 Å². The number of aliphatic carboxylic acids is 3. The number of aryl methyl sites for hydroxylation is 1. The summed E-state index contributed by atoms with van der Waals surface area (Å²) in [6.07, 6.45) is 39.8. The van der Waals surface area contributed by atoms with Crippen molar-refractivity contribution in [2.45, 2.75) is 330 Å². The number of hydrogen-bond donors (Lipinski definition) is 6. The van der Waals surface area contributed by atoms with Gasteiger partial charge >= 0.3 is 23.9 Å². The highest BCUT2D eigenvalue weighted by atomic mass is 16.5. The van der Waals surface area contributed by atoms with Crippen LogP contribution in [0.1, 0.15) is 317 Å². The molecule has 0 saturated heterocycles. The molecule has 1 aromatic rings. The van der Waals surface area contributed by atoms with Crippen LogP contribution < -0.4 is 0 Å². The summed E-state index contributed by atoms with van der Waals surface area (Å²) in [5, 5.41) is 54.2. The number of hydrogen-bond acceptors (Lipinski definition) is 9. The SMILES string of the molecule is CCCCC(O)CC(=O)OC.CCCCCC/C=C/CCCCCC(=O)O.CCCCCCCCCCCC(=O)CC(=O)O.CCCCCCCCCCCC(O)CC(=O)O.Cc1cc(C(C)(C)C)c(O)c(C(C)(C)C)c1. The number of phenols is 1. The van der Waals surface area contributed by atoms with Crippen molar-refractivity contribution >= 4 is 29.7 Å².